The van der Waals surface area contributed by atoms with Gasteiger partial charge in [-0.05, 0) is 73.2 Å². The van der Waals surface area contributed by atoms with Crippen LogP contribution in [-0.2, 0) is 6.54 Å². The van der Waals surface area contributed by atoms with E-state index in [4.69, 9.17) is 39.9 Å². The van der Waals surface area contributed by atoms with Gasteiger partial charge in [-0.2, -0.15) is 10.2 Å². The summed E-state index contributed by atoms with van der Waals surface area (Å²) in [6, 6.07) is 15.1. The maximum Gasteiger partial charge on any atom is 0.296 e. The van der Waals surface area contributed by atoms with Gasteiger partial charge in [0, 0.05) is 28.7 Å². The van der Waals surface area contributed by atoms with Crippen molar-refractivity contribution in [1.82, 2.24) is 14.8 Å². The zero-order valence-electron chi connectivity index (χ0n) is 18.6. The molecule has 5 rings (SSSR count). The van der Waals surface area contributed by atoms with Crippen molar-refractivity contribution in [2.24, 2.45) is 11.0 Å². The minimum absolute atomic E-state index is 0.0736. The molecule has 2 atom stereocenters. The standard InChI is InChI=1S/C26H23Cl3N4O/c1-2-32-15-22(29)24(30-32)26(34)33-25(17-8-12-20(28)13-9-17)21-5-3-4-18(23(21)31-33)14-16-6-10-19(27)11-7-16/h6-15,21,25H,2-5H2,1H3/b18-14+/t21-,25+/m0/s1. The molecular weight excluding hydrogens is 491 g/mol. The summed E-state index contributed by atoms with van der Waals surface area (Å²) in [5, 5.41) is 12.6. The summed E-state index contributed by atoms with van der Waals surface area (Å²) >= 11 is 18.6. The van der Waals surface area contributed by atoms with Gasteiger partial charge in [0.2, 0.25) is 0 Å². The number of amides is 1. The van der Waals surface area contributed by atoms with Crippen molar-refractivity contribution in [3.8, 4) is 0 Å². The van der Waals surface area contributed by atoms with Crippen LogP contribution in [0.5, 0.6) is 0 Å². The van der Waals surface area contributed by atoms with Gasteiger partial charge in [0.1, 0.15) is 0 Å². The molecule has 0 saturated heterocycles. The van der Waals surface area contributed by atoms with Crippen LogP contribution in [0.4, 0.5) is 0 Å². The highest BCUT2D eigenvalue weighted by molar-refractivity contribution is 6.33. The van der Waals surface area contributed by atoms with Gasteiger partial charge in [0.25, 0.3) is 5.91 Å². The summed E-state index contributed by atoms with van der Waals surface area (Å²) in [7, 11) is 0. The highest BCUT2D eigenvalue weighted by atomic mass is 35.5. The fourth-order valence-electron chi connectivity index (χ4n) is 4.73. The fraction of sp³-hybridized carbons (Fsp3) is 0.269. The second kappa shape index (κ2) is 9.57. The van der Waals surface area contributed by atoms with Crippen LogP contribution in [0.3, 0.4) is 0 Å². The van der Waals surface area contributed by atoms with Crippen molar-refractivity contribution < 1.29 is 4.79 Å². The Bertz CT molecular complexity index is 1280. The van der Waals surface area contributed by atoms with Gasteiger partial charge in [-0.15, -0.1) is 0 Å². The normalized spacial score (nSPS) is 21.0. The van der Waals surface area contributed by atoms with Gasteiger partial charge in [0.15, 0.2) is 5.69 Å². The second-order valence-electron chi connectivity index (χ2n) is 8.53. The molecule has 2 aromatic carbocycles. The number of carbonyl (C=O) groups excluding carboxylic acids is 1. The molecule has 0 spiro atoms. The van der Waals surface area contributed by atoms with E-state index in [0.717, 1.165) is 41.7 Å². The summed E-state index contributed by atoms with van der Waals surface area (Å²) in [6.45, 7) is 2.57. The average Bonchev–Trinajstić information content (AvgIpc) is 3.42. The Hall–Kier alpha value is -2.60. The van der Waals surface area contributed by atoms with E-state index < -0.39 is 0 Å². The van der Waals surface area contributed by atoms with Gasteiger partial charge in [-0.1, -0.05) is 59.1 Å². The van der Waals surface area contributed by atoms with E-state index in [1.807, 2.05) is 55.5 Å². The van der Waals surface area contributed by atoms with Gasteiger partial charge >= 0.3 is 0 Å². The third kappa shape index (κ3) is 4.40. The molecule has 3 aromatic rings. The first-order valence-electron chi connectivity index (χ1n) is 11.3. The molecule has 2 aliphatic rings. The summed E-state index contributed by atoms with van der Waals surface area (Å²) in [4.78, 5) is 13.7. The number of halogens is 3. The first kappa shape index (κ1) is 23.2. The summed E-state index contributed by atoms with van der Waals surface area (Å²) in [5.74, 6) is -0.227. The van der Waals surface area contributed by atoms with E-state index in [2.05, 4.69) is 11.2 Å². The molecule has 174 valence electrons. The van der Waals surface area contributed by atoms with Crippen LogP contribution in [0.2, 0.25) is 15.1 Å². The van der Waals surface area contributed by atoms with E-state index in [1.54, 1.807) is 15.9 Å². The lowest BCUT2D eigenvalue weighted by atomic mass is 9.77. The predicted molar refractivity (Wildman–Crippen MR) is 137 cm³/mol. The Kier molecular flexibility index (Phi) is 6.52. The minimum Gasteiger partial charge on any atom is -0.271 e. The van der Waals surface area contributed by atoms with Gasteiger partial charge in [0.05, 0.1) is 16.8 Å². The molecule has 0 unspecified atom stereocenters. The summed E-state index contributed by atoms with van der Waals surface area (Å²) in [5.41, 5.74) is 4.34. The van der Waals surface area contributed by atoms with Crippen molar-refractivity contribution >= 4 is 52.5 Å². The quantitative estimate of drug-likeness (QED) is 0.367. The number of hydrazone groups is 1. The number of nitrogens with zero attached hydrogens (tertiary/aromatic N) is 4. The van der Waals surface area contributed by atoms with Crippen molar-refractivity contribution in [3.05, 3.63) is 92.2 Å². The van der Waals surface area contributed by atoms with E-state index in [-0.39, 0.29) is 23.6 Å². The number of fused-ring (bicyclic) bond motifs is 1. The molecule has 0 bridgehead atoms. The van der Waals surface area contributed by atoms with Crippen molar-refractivity contribution in [3.63, 3.8) is 0 Å². The first-order chi connectivity index (χ1) is 16.4. The second-order valence-corrected chi connectivity index (χ2v) is 9.81. The molecule has 8 heteroatoms. The summed E-state index contributed by atoms with van der Waals surface area (Å²) < 4.78 is 1.66. The first-order valence-corrected chi connectivity index (χ1v) is 12.4. The van der Waals surface area contributed by atoms with Crippen molar-refractivity contribution in [1.29, 1.82) is 0 Å². The lowest BCUT2D eigenvalue weighted by molar-refractivity contribution is 0.0674. The third-order valence-electron chi connectivity index (χ3n) is 6.38. The topological polar surface area (TPSA) is 50.5 Å². The molecule has 1 saturated carbocycles. The molecular formula is C26H23Cl3N4O. The lowest BCUT2D eigenvalue weighted by Crippen LogP contribution is -2.32. The molecule has 34 heavy (non-hydrogen) atoms. The molecule has 2 heterocycles. The zero-order valence-corrected chi connectivity index (χ0v) is 20.9. The monoisotopic (exact) mass is 512 g/mol. The number of hydrogen-bond donors (Lipinski definition) is 0. The van der Waals surface area contributed by atoms with Gasteiger partial charge in [-0.3, -0.25) is 9.48 Å². The number of carbonyl (C=O) groups is 1. The molecule has 5 nitrogen and oxygen atoms in total. The van der Waals surface area contributed by atoms with Gasteiger partial charge in [-0.25, -0.2) is 5.01 Å². The lowest BCUT2D eigenvalue weighted by Gasteiger charge is -2.29. The molecule has 1 fully saturated rings. The van der Waals surface area contributed by atoms with Crippen molar-refractivity contribution in [2.45, 2.75) is 38.8 Å². The Balaban J connectivity index is 1.58. The maximum absolute atomic E-state index is 13.7. The zero-order chi connectivity index (χ0) is 23.8. The number of hydrogen-bond acceptors (Lipinski definition) is 3. The smallest absolute Gasteiger partial charge is 0.271 e. The number of aromatic nitrogens is 2. The Labute approximate surface area is 213 Å². The van der Waals surface area contributed by atoms with E-state index >= 15 is 0 Å². The number of aryl methyl sites for hydroxylation is 1. The predicted octanol–water partition coefficient (Wildman–Crippen LogP) is 7.30. The number of rotatable bonds is 4. The summed E-state index contributed by atoms with van der Waals surface area (Å²) in [6.07, 6.45) is 6.67. The molecule has 0 N–H and O–H groups in total. The van der Waals surface area contributed by atoms with E-state index in [0.29, 0.717) is 21.6 Å². The Morgan fingerprint density at radius 3 is 2.38 bits per heavy atom. The Morgan fingerprint density at radius 2 is 1.74 bits per heavy atom. The third-order valence-corrected chi connectivity index (χ3v) is 7.16. The van der Waals surface area contributed by atoms with Gasteiger partial charge < -0.3 is 0 Å². The van der Waals surface area contributed by atoms with Crippen molar-refractivity contribution in [2.75, 3.05) is 0 Å². The van der Waals surface area contributed by atoms with E-state index in [1.165, 1.54) is 0 Å². The van der Waals surface area contributed by atoms with Crippen LogP contribution in [0.1, 0.15) is 53.8 Å². The SMILES string of the molecule is CCn1cc(Cl)c(C(=O)N2N=C3/C(=C/c4ccc(Cl)cc4)CCC[C@@H]3[C@H]2c2ccc(Cl)cc2)n1. The highest BCUT2D eigenvalue weighted by Crippen LogP contribution is 2.45. The molecule has 1 aliphatic heterocycles. The van der Waals surface area contributed by atoms with Crippen LogP contribution >= 0.6 is 34.8 Å². The van der Waals surface area contributed by atoms with Crippen LogP contribution in [-0.4, -0.2) is 26.4 Å². The van der Waals surface area contributed by atoms with Crippen LogP contribution in [0, 0.1) is 5.92 Å². The fourth-order valence-corrected chi connectivity index (χ4v) is 5.22. The highest BCUT2D eigenvalue weighted by Gasteiger charge is 2.44. The molecule has 0 radical (unpaired) electrons. The molecule has 1 aromatic heterocycles. The van der Waals surface area contributed by atoms with Crippen LogP contribution in [0.15, 0.2) is 65.4 Å². The molecule has 1 amide bonds. The average molecular weight is 514 g/mol. The largest absolute Gasteiger partial charge is 0.296 e. The molecule has 1 aliphatic carbocycles. The van der Waals surface area contributed by atoms with E-state index in [9.17, 15) is 4.79 Å². The van der Waals surface area contributed by atoms with Crippen LogP contribution in [0.25, 0.3) is 6.08 Å². The Morgan fingerprint density at radius 1 is 1.06 bits per heavy atom. The van der Waals surface area contributed by atoms with Crippen LogP contribution < -0.4 is 0 Å². The number of allylic oxidation sites excluding steroid dienone is 1. The maximum atomic E-state index is 13.7. The minimum atomic E-state index is -0.301. The number of benzene rings is 2.